The Morgan fingerprint density at radius 1 is 0.788 bits per heavy atom. The first kappa shape index (κ1) is 42.8. The van der Waals surface area contributed by atoms with Crippen molar-refractivity contribution in [3.8, 4) is 33.5 Å². The van der Waals surface area contributed by atoms with Crippen molar-refractivity contribution in [2.45, 2.75) is 82.1 Å². The van der Waals surface area contributed by atoms with Crippen LogP contribution in [0.5, 0.6) is 0 Å². The summed E-state index contributed by atoms with van der Waals surface area (Å²) in [6, 6.07) is 22.5. The summed E-state index contributed by atoms with van der Waals surface area (Å²) >= 11 is 0. The number of ether oxygens (including phenoxy) is 2. The molecule has 4 aromatic carbocycles. The van der Waals surface area contributed by atoms with Crippen LogP contribution >= 0.6 is 0 Å². The third-order valence-corrected chi connectivity index (χ3v) is 13.9. The predicted octanol–water partition coefficient (Wildman–Crippen LogP) is 8.93. The van der Waals surface area contributed by atoms with Gasteiger partial charge in [-0.25, -0.2) is 19.6 Å². The highest BCUT2D eigenvalue weighted by atomic mass is 19.3. The second-order valence-corrected chi connectivity index (χ2v) is 18.1. The molecular weight excluding hydrogens is 847 g/mol. The van der Waals surface area contributed by atoms with E-state index in [1.807, 2.05) is 61.2 Å². The van der Waals surface area contributed by atoms with E-state index < -0.39 is 30.2 Å². The molecule has 4 amide bonds. The molecule has 0 spiro atoms. The number of imidazole rings is 2. The minimum Gasteiger partial charge on any atom is -0.453 e. The molecule has 4 aliphatic rings. The average Bonchev–Trinajstić information content (AvgIpc) is 4.21. The molecule has 6 atom stereocenters. The summed E-state index contributed by atoms with van der Waals surface area (Å²) in [5, 5.41) is 5.40. The zero-order valence-corrected chi connectivity index (χ0v) is 36.9. The maximum atomic E-state index is 16.6. The number of amides is 4. The summed E-state index contributed by atoms with van der Waals surface area (Å²) in [5.41, 5.74) is 5.19. The number of alkyl carbamates (subject to hydrolysis) is 2. The Kier molecular flexibility index (Phi) is 10.8. The third-order valence-electron chi connectivity index (χ3n) is 13.9. The van der Waals surface area contributed by atoms with Crippen LogP contribution in [0.25, 0.3) is 44.5 Å². The van der Waals surface area contributed by atoms with E-state index in [0.29, 0.717) is 69.2 Å². The van der Waals surface area contributed by atoms with E-state index in [1.54, 1.807) is 47.5 Å². The number of benzene rings is 4. The molecule has 1 saturated carbocycles. The van der Waals surface area contributed by atoms with Gasteiger partial charge in [0.2, 0.25) is 5.91 Å². The molecule has 2 bridgehead atoms. The third kappa shape index (κ3) is 7.32. The van der Waals surface area contributed by atoms with Crippen molar-refractivity contribution in [1.82, 2.24) is 40.4 Å². The molecule has 66 heavy (non-hydrogen) atoms. The van der Waals surface area contributed by atoms with Crippen molar-refractivity contribution in [3.05, 3.63) is 119 Å². The maximum absolute atomic E-state index is 16.6. The van der Waals surface area contributed by atoms with Crippen molar-refractivity contribution in [2.75, 3.05) is 20.8 Å². The molecule has 2 saturated heterocycles. The Hall–Kier alpha value is -7.10. The summed E-state index contributed by atoms with van der Waals surface area (Å²) in [6.07, 6.45) is 4.25. The molecule has 2 aliphatic heterocycles. The highest BCUT2D eigenvalue weighted by Crippen LogP contribution is 2.53. The van der Waals surface area contributed by atoms with Crippen molar-refractivity contribution in [1.29, 1.82) is 0 Å². The van der Waals surface area contributed by atoms with Gasteiger partial charge in [-0.3, -0.25) is 9.59 Å². The lowest BCUT2D eigenvalue weighted by molar-refractivity contribution is -0.138. The number of carbonyl (C=O) groups is 4. The minimum atomic E-state index is -3.30. The SMILES string of the molecule is COC(=O)NC(C(=O)N1C2CCC(C2)C1c1nc2ccc(-c3ccc4c(c3)C(F)(F)c3cc(-c5cnc(C6CCCN6C(=O)C(NC(=O)OC)C(C)C)[nH]5)ccc3-4)cc2[nH]1)c1ccccc1. The van der Waals surface area contributed by atoms with E-state index in [2.05, 4.69) is 25.6 Å². The summed E-state index contributed by atoms with van der Waals surface area (Å²) in [5.74, 6) is -2.58. The van der Waals surface area contributed by atoms with Gasteiger partial charge in [0.1, 0.15) is 23.7 Å². The number of aromatic amines is 2. The van der Waals surface area contributed by atoms with Gasteiger partial charge in [0.25, 0.3) is 11.8 Å². The van der Waals surface area contributed by atoms with Crippen LogP contribution < -0.4 is 10.6 Å². The standard InChI is InChI=1S/C50H50F2N8O6/c1-26(2)41(57-48(63)65-3)46(61)59-20-8-11-40(59)44-53-25-39(56-44)30-14-18-34-33-17-13-28(22-35(33)50(51,52)36(34)23-30)29-15-19-37-38(24-29)55-45(54-37)43-31-12-16-32(21-31)60(43)47(62)42(58-49(64)66-4)27-9-6-5-7-10-27/h5-7,9-10,13-15,17-19,22-26,31-32,40-43H,8,11-12,16,20-21H2,1-4H3,(H,53,56)(H,54,55)(H,57,63)(H,58,64). The van der Waals surface area contributed by atoms with Gasteiger partial charge in [-0.1, -0.05) is 74.5 Å². The van der Waals surface area contributed by atoms with E-state index in [9.17, 15) is 19.2 Å². The van der Waals surface area contributed by atoms with Crippen molar-refractivity contribution < 1.29 is 37.4 Å². The minimum absolute atomic E-state index is 0.00539. The molecule has 340 valence electrons. The molecule has 2 aromatic heterocycles. The van der Waals surface area contributed by atoms with Crippen LogP contribution in [0.3, 0.4) is 0 Å². The molecule has 14 nitrogen and oxygen atoms in total. The van der Waals surface area contributed by atoms with Gasteiger partial charge >= 0.3 is 12.2 Å². The van der Waals surface area contributed by atoms with E-state index in [4.69, 9.17) is 14.5 Å². The van der Waals surface area contributed by atoms with Gasteiger partial charge in [-0.2, -0.15) is 8.78 Å². The molecule has 10 rings (SSSR count). The Bertz CT molecular complexity index is 2880. The fraction of sp³-hybridized carbons (Fsp3) is 0.360. The zero-order chi connectivity index (χ0) is 46.0. The zero-order valence-electron chi connectivity index (χ0n) is 36.9. The topological polar surface area (TPSA) is 175 Å². The van der Waals surface area contributed by atoms with E-state index >= 15 is 8.78 Å². The lowest BCUT2D eigenvalue weighted by atomic mass is 9.96. The van der Waals surface area contributed by atoms with Gasteiger partial charge in [0, 0.05) is 29.3 Å². The molecule has 16 heteroatoms. The fourth-order valence-electron chi connectivity index (χ4n) is 10.7. The molecule has 6 unspecified atom stereocenters. The van der Waals surface area contributed by atoms with E-state index in [-0.39, 0.29) is 52.9 Å². The second kappa shape index (κ2) is 16.7. The summed E-state index contributed by atoms with van der Waals surface area (Å²) in [7, 11) is 2.52. The Morgan fingerprint density at radius 3 is 2.20 bits per heavy atom. The number of H-pyrrole nitrogens is 2. The Labute approximate surface area is 379 Å². The predicted molar refractivity (Wildman–Crippen MR) is 241 cm³/mol. The number of nitrogens with one attached hydrogen (secondary N) is 4. The highest BCUT2D eigenvalue weighted by Gasteiger charge is 2.52. The van der Waals surface area contributed by atoms with Gasteiger partial charge in [0.05, 0.1) is 49.2 Å². The quantitative estimate of drug-likeness (QED) is 0.105. The number of hydrogen-bond donors (Lipinski definition) is 4. The van der Waals surface area contributed by atoms with Gasteiger partial charge in [-0.05, 0) is 96.0 Å². The first-order chi connectivity index (χ1) is 31.8. The molecule has 4 heterocycles. The Morgan fingerprint density at radius 2 is 1.47 bits per heavy atom. The van der Waals surface area contributed by atoms with E-state index in [1.165, 1.54) is 20.3 Å². The number of nitrogens with zero attached hydrogens (tertiary/aromatic N) is 4. The number of aromatic nitrogens is 4. The molecule has 4 N–H and O–H groups in total. The van der Waals surface area contributed by atoms with Crippen molar-refractivity contribution >= 4 is 35.0 Å². The smallest absolute Gasteiger partial charge is 0.407 e. The van der Waals surface area contributed by atoms with Crippen LogP contribution in [0, 0.1) is 11.8 Å². The van der Waals surface area contributed by atoms with Crippen molar-refractivity contribution in [3.63, 3.8) is 0 Å². The number of likely N-dealkylation sites (tertiary alicyclic amines) is 2. The molecule has 6 aromatic rings. The van der Waals surface area contributed by atoms with Crippen LogP contribution in [-0.2, 0) is 25.0 Å². The normalized spacial score (nSPS) is 21.1. The number of carbonyl (C=O) groups excluding carboxylic acids is 4. The van der Waals surface area contributed by atoms with Crippen LogP contribution in [-0.4, -0.2) is 86.6 Å². The number of piperidine rings is 1. The number of halogens is 2. The molecule has 2 aliphatic carbocycles. The lowest BCUT2D eigenvalue weighted by Gasteiger charge is -2.36. The largest absolute Gasteiger partial charge is 0.453 e. The monoisotopic (exact) mass is 896 g/mol. The number of fused-ring (bicyclic) bond motifs is 6. The molecular formula is C50H50F2N8O6. The number of rotatable bonds is 10. The van der Waals surface area contributed by atoms with Gasteiger partial charge in [0.15, 0.2) is 0 Å². The lowest BCUT2D eigenvalue weighted by Crippen LogP contribution is -2.51. The highest BCUT2D eigenvalue weighted by molar-refractivity contribution is 5.90. The Balaban J connectivity index is 0.892. The first-order valence-electron chi connectivity index (χ1n) is 22.4. The fourth-order valence-corrected chi connectivity index (χ4v) is 10.7. The van der Waals surface area contributed by atoms with Crippen LogP contribution in [0.1, 0.15) is 92.4 Å². The van der Waals surface area contributed by atoms with Crippen molar-refractivity contribution in [2.24, 2.45) is 11.8 Å². The van der Waals surface area contributed by atoms with Gasteiger partial charge in [-0.15, -0.1) is 0 Å². The van der Waals surface area contributed by atoms with E-state index in [0.717, 1.165) is 31.2 Å². The number of methoxy groups -OCH3 is 2. The second-order valence-electron chi connectivity index (χ2n) is 18.1. The average molecular weight is 897 g/mol. The maximum Gasteiger partial charge on any atom is 0.407 e. The first-order valence-corrected chi connectivity index (χ1v) is 22.4. The number of alkyl halides is 2. The molecule has 3 fully saturated rings. The molecule has 0 radical (unpaired) electrons. The summed E-state index contributed by atoms with van der Waals surface area (Å²) in [4.78, 5) is 72.5. The summed E-state index contributed by atoms with van der Waals surface area (Å²) < 4.78 is 42.9. The van der Waals surface area contributed by atoms with Gasteiger partial charge < -0.3 is 39.9 Å². The van der Waals surface area contributed by atoms with Crippen LogP contribution in [0.4, 0.5) is 18.4 Å². The summed E-state index contributed by atoms with van der Waals surface area (Å²) in [6.45, 7) is 4.19. The van der Waals surface area contributed by atoms with Crippen LogP contribution in [0.2, 0.25) is 0 Å². The number of hydrogen-bond acceptors (Lipinski definition) is 8. The van der Waals surface area contributed by atoms with Crippen LogP contribution in [0.15, 0.2) is 91.1 Å².